The first kappa shape index (κ1) is 21.8. The molecule has 0 fully saturated rings. The zero-order valence-corrected chi connectivity index (χ0v) is 19.0. The number of carbonyl (C=O) groups is 1. The molecule has 1 heterocycles. The van der Waals surface area contributed by atoms with E-state index in [0.717, 1.165) is 36.3 Å². The summed E-state index contributed by atoms with van der Waals surface area (Å²) >= 11 is 0. The summed E-state index contributed by atoms with van der Waals surface area (Å²) in [7, 11) is 0. The number of nitrogens with zero attached hydrogens (tertiary/aromatic N) is 1. The van der Waals surface area contributed by atoms with Crippen LogP contribution in [0.1, 0.15) is 64.6 Å². The van der Waals surface area contributed by atoms with Crippen LogP contribution in [-0.2, 0) is 11.3 Å². The SMILES string of the molecule is CCOC(=O)c1cccc(C2=C(c3ccccc3OCc3ccc(C)cc3C)CCC2)n1. The summed E-state index contributed by atoms with van der Waals surface area (Å²) in [6, 6.07) is 20.2. The van der Waals surface area contributed by atoms with Gasteiger partial charge in [0.2, 0.25) is 0 Å². The molecule has 0 unspecified atom stereocenters. The average Bonchev–Trinajstić information content (AvgIpc) is 3.29. The number of esters is 1. The van der Waals surface area contributed by atoms with Gasteiger partial charge in [-0.05, 0) is 80.5 Å². The molecular formula is C28H29NO3. The lowest BCUT2D eigenvalue weighted by Crippen LogP contribution is -2.08. The number of aromatic nitrogens is 1. The number of para-hydroxylation sites is 1. The first-order chi connectivity index (χ1) is 15.6. The van der Waals surface area contributed by atoms with Gasteiger partial charge in [0.05, 0.1) is 12.3 Å². The van der Waals surface area contributed by atoms with Gasteiger partial charge in [-0.1, -0.05) is 48.0 Å². The van der Waals surface area contributed by atoms with E-state index in [1.807, 2.05) is 30.3 Å². The second kappa shape index (κ2) is 9.82. The molecule has 2 aromatic carbocycles. The van der Waals surface area contributed by atoms with Crippen molar-refractivity contribution in [2.45, 2.75) is 46.6 Å². The second-order valence-electron chi connectivity index (χ2n) is 8.15. The highest BCUT2D eigenvalue weighted by Gasteiger charge is 2.22. The number of hydrogen-bond acceptors (Lipinski definition) is 4. The Balaban J connectivity index is 1.65. The third kappa shape index (κ3) is 4.75. The van der Waals surface area contributed by atoms with Crippen LogP contribution in [0, 0.1) is 13.8 Å². The molecule has 1 aliphatic carbocycles. The van der Waals surface area contributed by atoms with Gasteiger partial charge in [0.25, 0.3) is 0 Å². The van der Waals surface area contributed by atoms with Gasteiger partial charge in [-0.3, -0.25) is 0 Å². The Labute approximate surface area is 189 Å². The van der Waals surface area contributed by atoms with Crippen molar-refractivity contribution in [3.8, 4) is 5.75 Å². The molecule has 0 spiro atoms. The Morgan fingerprint density at radius 2 is 1.78 bits per heavy atom. The number of allylic oxidation sites excluding steroid dienone is 2. The third-order valence-corrected chi connectivity index (χ3v) is 5.85. The maximum absolute atomic E-state index is 12.2. The molecule has 32 heavy (non-hydrogen) atoms. The van der Waals surface area contributed by atoms with Crippen LogP contribution in [0.4, 0.5) is 0 Å². The topological polar surface area (TPSA) is 48.4 Å². The lowest BCUT2D eigenvalue weighted by atomic mass is 9.99. The number of hydrogen-bond donors (Lipinski definition) is 0. The van der Waals surface area contributed by atoms with E-state index in [2.05, 4.69) is 43.1 Å². The minimum Gasteiger partial charge on any atom is -0.488 e. The molecule has 1 aromatic heterocycles. The van der Waals surface area contributed by atoms with E-state index in [4.69, 9.17) is 9.47 Å². The molecule has 0 saturated heterocycles. The van der Waals surface area contributed by atoms with E-state index in [1.165, 1.54) is 27.8 Å². The molecule has 0 radical (unpaired) electrons. The molecule has 0 saturated carbocycles. The summed E-state index contributed by atoms with van der Waals surface area (Å²) in [6.45, 7) is 6.89. The lowest BCUT2D eigenvalue weighted by molar-refractivity contribution is 0.0519. The Hall–Kier alpha value is -3.40. The molecule has 4 nitrogen and oxygen atoms in total. The van der Waals surface area contributed by atoms with Crippen molar-refractivity contribution in [1.82, 2.24) is 4.98 Å². The standard InChI is InChI=1S/C28H29NO3/c1-4-31-28(30)26-13-8-12-25(29-26)23-11-7-10-22(23)24-9-5-6-14-27(24)32-18-21-16-15-19(2)17-20(21)3/h5-6,8-9,12-17H,4,7,10-11,18H2,1-3H3. The van der Waals surface area contributed by atoms with Crippen LogP contribution in [0.5, 0.6) is 5.75 Å². The predicted molar refractivity (Wildman–Crippen MR) is 128 cm³/mol. The fourth-order valence-corrected chi connectivity index (χ4v) is 4.25. The first-order valence-electron chi connectivity index (χ1n) is 11.2. The highest BCUT2D eigenvalue weighted by atomic mass is 16.5. The summed E-state index contributed by atoms with van der Waals surface area (Å²) in [5.41, 5.74) is 8.40. The molecule has 0 N–H and O–H groups in total. The molecule has 0 aliphatic heterocycles. The van der Waals surface area contributed by atoms with Gasteiger partial charge in [0.1, 0.15) is 18.1 Å². The molecule has 4 rings (SSSR count). The van der Waals surface area contributed by atoms with Crippen molar-refractivity contribution in [1.29, 1.82) is 0 Å². The van der Waals surface area contributed by atoms with E-state index in [1.54, 1.807) is 13.0 Å². The van der Waals surface area contributed by atoms with Gasteiger partial charge in [0, 0.05) is 5.56 Å². The van der Waals surface area contributed by atoms with E-state index < -0.39 is 0 Å². The smallest absolute Gasteiger partial charge is 0.356 e. The average molecular weight is 428 g/mol. The van der Waals surface area contributed by atoms with Crippen LogP contribution in [0.15, 0.2) is 60.7 Å². The quantitative estimate of drug-likeness (QED) is 0.401. The molecule has 3 aromatic rings. The van der Waals surface area contributed by atoms with E-state index in [-0.39, 0.29) is 5.97 Å². The number of rotatable bonds is 7. The molecule has 0 bridgehead atoms. The third-order valence-electron chi connectivity index (χ3n) is 5.85. The first-order valence-corrected chi connectivity index (χ1v) is 11.2. The molecular weight excluding hydrogens is 398 g/mol. The van der Waals surface area contributed by atoms with Crippen molar-refractivity contribution in [2.24, 2.45) is 0 Å². The van der Waals surface area contributed by atoms with Crippen LogP contribution < -0.4 is 4.74 Å². The zero-order chi connectivity index (χ0) is 22.5. The number of carbonyl (C=O) groups excluding carboxylic acids is 1. The highest BCUT2D eigenvalue weighted by Crippen LogP contribution is 2.42. The lowest BCUT2D eigenvalue weighted by Gasteiger charge is -2.15. The predicted octanol–water partition coefficient (Wildman–Crippen LogP) is 6.55. The summed E-state index contributed by atoms with van der Waals surface area (Å²) in [4.78, 5) is 16.8. The Kier molecular flexibility index (Phi) is 6.69. The van der Waals surface area contributed by atoms with E-state index >= 15 is 0 Å². The van der Waals surface area contributed by atoms with Gasteiger partial charge in [-0.25, -0.2) is 9.78 Å². The fourth-order valence-electron chi connectivity index (χ4n) is 4.25. The fraction of sp³-hybridized carbons (Fsp3) is 0.286. The van der Waals surface area contributed by atoms with Gasteiger partial charge in [-0.15, -0.1) is 0 Å². The van der Waals surface area contributed by atoms with Crippen LogP contribution in [0.2, 0.25) is 0 Å². The zero-order valence-electron chi connectivity index (χ0n) is 19.0. The molecule has 164 valence electrons. The monoisotopic (exact) mass is 427 g/mol. The number of ether oxygens (including phenoxy) is 2. The maximum atomic E-state index is 12.2. The number of aryl methyl sites for hydroxylation is 2. The van der Waals surface area contributed by atoms with Gasteiger partial charge < -0.3 is 9.47 Å². The Morgan fingerprint density at radius 3 is 2.59 bits per heavy atom. The Bertz CT molecular complexity index is 1160. The molecule has 0 atom stereocenters. The molecule has 4 heteroatoms. The number of pyridine rings is 1. The largest absolute Gasteiger partial charge is 0.488 e. The minimum absolute atomic E-state index is 0.337. The normalized spacial score (nSPS) is 13.3. The summed E-state index contributed by atoms with van der Waals surface area (Å²) in [5.74, 6) is 0.495. The summed E-state index contributed by atoms with van der Waals surface area (Å²) in [6.07, 6.45) is 2.95. The van der Waals surface area contributed by atoms with Gasteiger partial charge in [0.15, 0.2) is 0 Å². The van der Waals surface area contributed by atoms with Gasteiger partial charge in [-0.2, -0.15) is 0 Å². The van der Waals surface area contributed by atoms with Crippen LogP contribution in [0.3, 0.4) is 0 Å². The minimum atomic E-state index is -0.383. The van der Waals surface area contributed by atoms with Crippen molar-refractivity contribution >= 4 is 17.1 Å². The van der Waals surface area contributed by atoms with Crippen molar-refractivity contribution in [3.05, 3.63) is 94.3 Å². The van der Waals surface area contributed by atoms with Crippen molar-refractivity contribution < 1.29 is 14.3 Å². The summed E-state index contributed by atoms with van der Waals surface area (Å²) in [5, 5.41) is 0. The molecule has 1 aliphatic rings. The van der Waals surface area contributed by atoms with Crippen LogP contribution in [0.25, 0.3) is 11.1 Å². The van der Waals surface area contributed by atoms with E-state index in [9.17, 15) is 4.79 Å². The summed E-state index contributed by atoms with van der Waals surface area (Å²) < 4.78 is 11.4. The van der Waals surface area contributed by atoms with Crippen LogP contribution in [-0.4, -0.2) is 17.6 Å². The van der Waals surface area contributed by atoms with Crippen molar-refractivity contribution in [2.75, 3.05) is 6.61 Å². The maximum Gasteiger partial charge on any atom is 0.356 e. The van der Waals surface area contributed by atoms with Crippen molar-refractivity contribution in [3.63, 3.8) is 0 Å². The number of benzene rings is 2. The highest BCUT2D eigenvalue weighted by molar-refractivity contribution is 5.94. The van der Waals surface area contributed by atoms with Crippen LogP contribution >= 0.6 is 0 Å². The second-order valence-corrected chi connectivity index (χ2v) is 8.15. The molecule has 0 amide bonds. The van der Waals surface area contributed by atoms with E-state index in [0.29, 0.717) is 18.9 Å². The van der Waals surface area contributed by atoms with Gasteiger partial charge >= 0.3 is 5.97 Å². The Morgan fingerprint density at radius 1 is 0.969 bits per heavy atom.